The molecule has 1 atom stereocenters. The van der Waals surface area contributed by atoms with Crippen LogP contribution in [-0.2, 0) is 14.8 Å². The third-order valence-corrected chi connectivity index (χ3v) is 7.48. The highest BCUT2D eigenvalue weighted by Crippen LogP contribution is 2.26. The molecular formula is C21H24ClFN2O4S. The topological polar surface area (TPSA) is 75.7 Å². The van der Waals surface area contributed by atoms with E-state index in [0.29, 0.717) is 23.4 Å². The van der Waals surface area contributed by atoms with Gasteiger partial charge in [0, 0.05) is 24.0 Å². The summed E-state index contributed by atoms with van der Waals surface area (Å²) in [6.45, 7) is 2.29. The van der Waals surface area contributed by atoms with Crippen molar-refractivity contribution in [3.05, 3.63) is 58.9 Å². The van der Waals surface area contributed by atoms with Crippen LogP contribution in [0.4, 0.5) is 4.39 Å². The van der Waals surface area contributed by atoms with Crippen molar-refractivity contribution in [3.63, 3.8) is 0 Å². The van der Waals surface area contributed by atoms with Crippen molar-refractivity contribution >= 4 is 27.5 Å². The van der Waals surface area contributed by atoms with Gasteiger partial charge in [0.15, 0.2) is 11.6 Å². The van der Waals surface area contributed by atoms with Crippen molar-refractivity contribution in [3.8, 4) is 5.75 Å². The van der Waals surface area contributed by atoms with Gasteiger partial charge in [0.25, 0.3) is 0 Å². The van der Waals surface area contributed by atoms with Crippen LogP contribution in [0.2, 0.25) is 5.02 Å². The maximum atomic E-state index is 13.9. The minimum Gasteiger partial charge on any atom is -0.494 e. The van der Waals surface area contributed by atoms with Crippen LogP contribution < -0.4 is 10.1 Å². The molecule has 0 aromatic heterocycles. The van der Waals surface area contributed by atoms with Gasteiger partial charge in [-0.1, -0.05) is 17.7 Å². The Hall–Kier alpha value is -2.16. The van der Waals surface area contributed by atoms with Gasteiger partial charge in [0.05, 0.1) is 18.0 Å². The molecule has 1 aliphatic heterocycles. The number of rotatable bonds is 6. The summed E-state index contributed by atoms with van der Waals surface area (Å²) in [5.41, 5.74) is 0.629. The van der Waals surface area contributed by atoms with Crippen LogP contribution in [0.15, 0.2) is 47.4 Å². The molecule has 3 rings (SSSR count). The molecule has 1 saturated heterocycles. The van der Waals surface area contributed by atoms with E-state index in [2.05, 4.69) is 5.32 Å². The Kier molecular flexibility index (Phi) is 7.00. The molecule has 6 nitrogen and oxygen atoms in total. The number of carbonyl (C=O) groups excluding carboxylic acids is 1. The largest absolute Gasteiger partial charge is 0.494 e. The number of benzene rings is 2. The lowest BCUT2D eigenvalue weighted by atomic mass is 9.96. The zero-order valence-electron chi connectivity index (χ0n) is 16.8. The van der Waals surface area contributed by atoms with E-state index < -0.39 is 15.8 Å². The quantitative estimate of drug-likeness (QED) is 0.721. The highest BCUT2D eigenvalue weighted by atomic mass is 35.5. The molecule has 2 aromatic carbocycles. The molecule has 30 heavy (non-hydrogen) atoms. The lowest BCUT2D eigenvalue weighted by Gasteiger charge is -2.31. The van der Waals surface area contributed by atoms with Gasteiger partial charge in [0.1, 0.15) is 0 Å². The van der Waals surface area contributed by atoms with Crippen LogP contribution in [-0.4, -0.2) is 38.8 Å². The molecule has 9 heteroatoms. The molecule has 162 valence electrons. The lowest BCUT2D eigenvalue weighted by molar-refractivity contribution is -0.126. The number of carbonyl (C=O) groups is 1. The number of ether oxygens (including phenoxy) is 1. The summed E-state index contributed by atoms with van der Waals surface area (Å²) in [7, 11) is -2.22. The predicted octanol–water partition coefficient (Wildman–Crippen LogP) is 3.77. The number of sulfonamides is 1. The third kappa shape index (κ3) is 4.94. The van der Waals surface area contributed by atoms with Crippen molar-refractivity contribution in [1.29, 1.82) is 0 Å². The van der Waals surface area contributed by atoms with Gasteiger partial charge in [-0.05, 0) is 61.7 Å². The Balaban J connectivity index is 1.58. The fourth-order valence-corrected chi connectivity index (χ4v) is 5.08. The Morgan fingerprint density at radius 1 is 1.20 bits per heavy atom. The standard InChI is InChI=1S/C21H24ClFN2O4S/c1-14(16-3-8-20(29-2)19(23)13-16)24-21(26)15-9-11-25(12-10-15)30(27,28)18-6-4-17(22)5-7-18/h3-8,13-15H,9-12H2,1-2H3,(H,24,26). The van der Waals surface area contributed by atoms with E-state index in [9.17, 15) is 17.6 Å². The minimum absolute atomic E-state index is 0.145. The van der Waals surface area contributed by atoms with E-state index >= 15 is 0 Å². The molecule has 0 saturated carbocycles. The molecule has 0 aliphatic carbocycles. The molecule has 0 radical (unpaired) electrons. The fraction of sp³-hybridized carbons (Fsp3) is 0.381. The summed E-state index contributed by atoms with van der Waals surface area (Å²) >= 11 is 5.83. The Morgan fingerprint density at radius 3 is 2.40 bits per heavy atom. The van der Waals surface area contributed by atoms with Crippen molar-refractivity contribution in [2.45, 2.75) is 30.7 Å². The zero-order chi connectivity index (χ0) is 21.9. The van der Waals surface area contributed by atoms with E-state index in [1.54, 1.807) is 13.0 Å². The maximum absolute atomic E-state index is 13.9. The fourth-order valence-electron chi connectivity index (χ4n) is 3.48. The van der Waals surface area contributed by atoms with Gasteiger partial charge in [0.2, 0.25) is 15.9 Å². The second-order valence-corrected chi connectivity index (χ2v) is 9.63. The van der Waals surface area contributed by atoms with Crippen molar-refractivity contribution in [2.24, 2.45) is 5.92 Å². The number of nitrogens with zero attached hydrogens (tertiary/aromatic N) is 1. The first-order chi connectivity index (χ1) is 14.2. The number of methoxy groups -OCH3 is 1. The molecule has 1 N–H and O–H groups in total. The summed E-state index contributed by atoms with van der Waals surface area (Å²) in [4.78, 5) is 12.8. The first kappa shape index (κ1) is 22.5. The lowest BCUT2D eigenvalue weighted by Crippen LogP contribution is -2.43. The molecule has 0 bridgehead atoms. The normalized spacial score (nSPS) is 16.8. The summed E-state index contributed by atoms with van der Waals surface area (Å²) < 4.78 is 45.7. The summed E-state index contributed by atoms with van der Waals surface area (Å²) in [5, 5.41) is 3.36. The molecule has 2 aromatic rings. The van der Waals surface area contributed by atoms with E-state index in [4.69, 9.17) is 16.3 Å². The number of hydrogen-bond donors (Lipinski definition) is 1. The number of nitrogens with one attached hydrogen (secondary N) is 1. The number of piperidine rings is 1. The number of hydrogen-bond acceptors (Lipinski definition) is 4. The van der Waals surface area contributed by atoms with Gasteiger partial charge < -0.3 is 10.1 Å². The van der Waals surface area contributed by atoms with Crippen LogP contribution in [0.1, 0.15) is 31.4 Å². The van der Waals surface area contributed by atoms with Crippen molar-refractivity contribution < 1.29 is 22.3 Å². The Bertz CT molecular complexity index is 1010. The van der Waals surface area contributed by atoms with Gasteiger partial charge >= 0.3 is 0 Å². The van der Waals surface area contributed by atoms with Gasteiger partial charge in [-0.2, -0.15) is 4.31 Å². The van der Waals surface area contributed by atoms with E-state index in [0.717, 1.165) is 0 Å². The first-order valence-electron chi connectivity index (χ1n) is 9.62. The average Bonchev–Trinajstić information content (AvgIpc) is 2.74. The van der Waals surface area contributed by atoms with Crippen molar-refractivity contribution in [1.82, 2.24) is 9.62 Å². The summed E-state index contributed by atoms with van der Waals surface area (Å²) in [6, 6.07) is 10.2. The molecular weight excluding hydrogens is 431 g/mol. The molecule has 1 heterocycles. The van der Waals surface area contributed by atoms with E-state index in [1.165, 1.54) is 47.8 Å². The second kappa shape index (κ2) is 9.32. The van der Waals surface area contributed by atoms with Crippen LogP contribution in [0.3, 0.4) is 0 Å². The highest BCUT2D eigenvalue weighted by Gasteiger charge is 2.32. The molecule has 1 unspecified atom stereocenters. The van der Waals surface area contributed by atoms with Crippen molar-refractivity contribution in [2.75, 3.05) is 20.2 Å². The van der Waals surface area contributed by atoms with Crippen LogP contribution in [0, 0.1) is 11.7 Å². The van der Waals surface area contributed by atoms with Crippen LogP contribution in [0.5, 0.6) is 5.75 Å². The van der Waals surface area contributed by atoms with Gasteiger partial charge in [-0.25, -0.2) is 12.8 Å². The molecule has 0 spiro atoms. The number of amides is 1. The van der Waals surface area contributed by atoms with Crippen LogP contribution in [0.25, 0.3) is 0 Å². The first-order valence-corrected chi connectivity index (χ1v) is 11.4. The zero-order valence-corrected chi connectivity index (χ0v) is 18.3. The predicted molar refractivity (Wildman–Crippen MR) is 112 cm³/mol. The van der Waals surface area contributed by atoms with Crippen LogP contribution >= 0.6 is 11.6 Å². The Labute approximate surface area is 181 Å². The smallest absolute Gasteiger partial charge is 0.243 e. The molecule has 1 amide bonds. The van der Waals surface area contributed by atoms with Gasteiger partial charge in [-0.15, -0.1) is 0 Å². The average molecular weight is 455 g/mol. The number of halogens is 2. The monoisotopic (exact) mass is 454 g/mol. The maximum Gasteiger partial charge on any atom is 0.243 e. The third-order valence-electron chi connectivity index (χ3n) is 5.31. The summed E-state index contributed by atoms with van der Waals surface area (Å²) in [5.74, 6) is -0.808. The van der Waals surface area contributed by atoms with E-state index in [1.807, 2.05) is 0 Å². The van der Waals surface area contributed by atoms with E-state index in [-0.39, 0.29) is 41.6 Å². The SMILES string of the molecule is COc1ccc(C(C)NC(=O)C2CCN(S(=O)(=O)c3ccc(Cl)cc3)CC2)cc1F. The van der Waals surface area contributed by atoms with Gasteiger partial charge in [-0.3, -0.25) is 4.79 Å². The molecule has 1 aliphatic rings. The molecule has 1 fully saturated rings. The summed E-state index contributed by atoms with van der Waals surface area (Å²) in [6.07, 6.45) is 0.838. The minimum atomic E-state index is -3.62. The highest BCUT2D eigenvalue weighted by molar-refractivity contribution is 7.89. The Morgan fingerprint density at radius 2 is 1.83 bits per heavy atom. The second-order valence-electron chi connectivity index (χ2n) is 7.26.